The standard InChI is InChI=1S/C19H27N3O2/c1-14-15(2)22(8-4-7-21-11-9-20(3)10-12-21)18-6-5-16(19(23)24)13-17(14)18/h5-6,13H,4,7-12H2,1-3H3,(H,23,24). The molecule has 5 nitrogen and oxygen atoms in total. The number of hydrogen-bond donors (Lipinski definition) is 1. The van der Waals surface area contributed by atoms with Crippen LogP contribution in [0.15, 0.2) is 18.2 Å². The summed E-state index contributed by atoms with van der Waals surface area (Å²) in [7, 11) is 2.18. The van der Waals surface area contributed by atoms with Crippen LogP contribution in [0.2, 0.25) is 0 Å². The molecule has 1 aliphatic rings. The third kappa shape index (κ3) is 3.32. The van der Waals surface area contributed by atoms with Crippen LogP contribution in [0.25, 0.3) is 10.9 Å². The zero-order valence-electron chi connectivity index (χ0n) is 14.9. The van der Waals surface area contributed by atoms with E-state index in [1.165, 1.54) is 11.3 Å². The van der Waals surface area contributed by atoms with Crippen molar-refractivity contribution in [2.24, 2.45) is 0 Å². The van der Waals surface area contributed by atoms with Gasteiger partial charge in [-0.3, -0.25) is 0 Å². The first kappa shape index (κ1) is 17.0. The smallest absolute Gasteiger partial charge is 0.335 e. The average Bonchev–Trinajstić information content (AvgIpc) is 2.81. The van der Waals surface area contributed by atoms with Gasteiger partial charge >= 0.3 is 5.97 Å². The lowest BCUT2D eigenvalue weighted by molar-refractivity contribution is 0.0697. The number of carbonyl (C=O) groups is 1. The summed E-state index contributed by atoms with van der Waals surface area (Å²) < 4.78 is 2.34. The minimum absolute atomic E-state index is 0.361. The molecule has 0 amide bonds. The molecule has 0 aliphatic carbocycles. The maximum atomic E-state index is 11.2. The van der Waals surface area contributed by atoms with Crippen molar-refractivity contribution < 1.29 is 9.90 Å². The van der Waals surface area contributed by atoms with Crippen molar-refractivity contribution in [1.82, 2.24) is 14.4 Å². The number of hydrogen-bond acceptors (Lipinski definition) is 3. The quantitative estimate of drug-likeness (QED) is 0.916. The van der Waals surface area contributed by atoms with Crippen LogP contribution in [-0.4, -0.2) is 65.2 Å². The molecule has 1 saturated heterocycles. The summed E-state index contributed by atoms with van der Waals surface area (Å²) >= 11 is 0. The predicted molar refractivity (Wildman–Crippen MR) is 96.9 cm³/mol. The molecule has 130 valence electrons. The van der Waals surface area contributed by atoms with E-state index in [4.69, 9.17) is 0 Å². The highest BCUT2D eigenvalue weighted by Gasteiger charge is 2.15. The lowest BCUT2D eigenvalue weighted by atomic mass is 10.1. The van der Waals surface area contributed by atoms with E-state index in [1.54, 1.807) is 12.1 Å². The number of aromatic carboxylic acids is 1. The summed E-state index contributed by atoms with van der Waals surface area (Å²) in [6, 6.07) is 5.46. The van der Waals surface area contributed by atoms with Crippen LogP contribution >= 0.6 is 0 Å². The zero-order chi connectivity index (χ0) is 17.3. The van der Waals surface area contributed by atoms with Crippen molar-refractivity contribution in [3.8, 4) is 0 Å². The van der Waals surface area contributed by atoms with Crippen molar-refractivity contribution in [3.05, 3.63) is 35.0 Å². The Morgan fingerprint density at radius 3 is 2.50 bits per heavy atom. The van der Waals surface area contributed by atoms with Gasteiger partial charge in [-0.25, -0.2) is 4.79 Å². The van der Waals surface area contributed by atoms with Gasteiger partial charge in [-0.05, 0) is 57.6 Å². The van der Waals surface area contributed by atoms with Gasteiger partial charge in [-0.2, -0.15) is 0 Å². The third-order valence-electron chi connectivity index (χ3n) is 5.34. The van der Waals surface area contributed by atoms with Gasteiger partial charge in [0.2, 0.25) is 0 Å². The molecule has 1 fully saturated rings. The third-order valence-corrected chi connectivity index (χ3v) is 5.34. The minimum atomic E-state index is -0.864. The molecule has 1 aliphatic heterocycles. The highest BCUT2D eigenvalue weighted by atomic mass is 16.4. The first-order valence-electron chi connectivity index (χ1n) is 8.71. The van der Waals surface area contributed by atoms with Gasteiger partial charge in [0.15, 0.2) is 0 Å². The first-order valence-corrected chi connectivity index (χ1v) is 8.71. The minimum Gasteiger partial charge on any atom is -0.478 e. The molecule has 0 unspecified atom stereocenters. The summed E-state index contributed by atoms with van der Waals surface area (Å²) in [6.07, 6.45) is 1.12. The fraction of sp³-hybridized carbons (Fsp3) is 0.526. The second-order valence-corrected chi connectivity index (χ2v) is 6.90. The lowest BCUT2D eigenvalue weighted by Gasteiger charge is -2.32. The monoisotopic (exact) mass is 329 g/mol. The normalized spacial score (nSPS) is 16.8. The fourth-order valence-corrected chi connectivity index (χ4v) is 3.59. The average molecular weight is 329 g/mol. The van der Waals surface area contributed by atoms with Crippen LogP contribution in [0, 0.1) is 13.8 Å². The molecule has 1 aromatic carbocycles. The Balaban J connectivity index is 1.72. The molecule has 0 atom stereocenters. The summed E-state index contributed by atoms with van der Waals surface area (Å²) in [5.41, 5.74) is 3.94. The molecule has 2 aromatic rings. The predicted octanol–water partition coefficient (Wildman–Crippen LogP) is 2.59. The van der Waals surface area contributed by atoms with Crippen LogP contribution in [0.3, 0.4) is 0 Å². The number of carboxylic acid groups (broad SMARTS) is 1. The lowest BCUT2D eigenvalue weighted by Crippen LogP contribution is -2.44. The highest BCUT2D eigenvalue weighted by molar-refractivity contribution is 5.95. The number of fused-ring (bicyclic) bond motifs is 1. The second-order valence-electron chi connectivity index (χ2n) is 6.90. The Kier molecular flexibility index (Phi) is 4.92. The van der Waals surface area contributed by atoms with E-state index in [-0.39, 0.29) is 0 Å². The molecule has 24 heavy (non-hydrogen) atoms. The number of aromatic nitrogens is 1. The van der Waals surface area contributed by atoms with Gasteiger partial charge in [0.1, 0.15) is 0 Å². The molecule has 0 spiro atoms. The number of likely N-dealkylation sites (N-methyl/N-ethyl adjacent to an activating group) is 1. The van der Waals surface area contributed by atoms with E-state index in [9.17, 15) is 9.90 Å². The molecule has 1 N–H and O–H groups in total. The van der Waals surface area contributed by atoms with Gasteiger partial charge in [-0.1, -0.05) is 0 Å². The van der Waals surface area contributed by atoms with E-state index >= 15 is 0 Å². The maximum Gasteiger partial charge on any atom is 0.335 e. The molecule has 3 rings (SSSR count). The number of carboxylic acids is 1. The largest absolute Gasteiger partial charge is 0.478 e. The molecule has 5 heteroatoms. The Labute approximate surface area is 143 Å². The van der Waals surface area contributed by atoms with Crippen LogP contribution in [0.5, 0.6) is 0 Å². The summed E-state index contributed by atoms with van der Waals surface area (Å²) in [5, 5.41) is 10.3. The zero-order valence-corrected chi connectivity index (χ0v) is 14.9. The number of rotatable bonds is 5. The van der Waals surface area contributed by atoms with Gasteiger partial charge in [0, 0.05) is 49.3 Å². The Bertz CT molecular complexity index is 743. The Hall–Kier alpha value is -1.85. The van der Waals surface area contributed by atoms with E-state index < -0.39 is 5.97 Å². The van der Waals surface area contributed by atoms with Crippen molar-refractivity contribution in [2.75, 3.05) is 39.8 Å². The summed E-state index contributed by atoms with van der Waals surface area (Å²) in [6.45, 7) is 10.9. The van der Waals surface area contributed by atoms with Crippen molar-refractivity contribution in [3.63, 3.8) is 0 Å². The van der Waals surface area contributed by atoms with Gasteiger partial charge in [0.05, 0.1) is 5.56 Å². The van der Waals surface area contributed by atoms with Gasteiger partial charge < -0.3 is 19.5 Å². The molecule has 0 radical (unpaired) electrons. The van der Waals surface area contributed by atoms with E-state index in [1.807, 2.05) is 6.07 Å². The fourth-order valence-electron chi connectivity index (χ4n) is 3.59. The van der Waals surface area contributed by atoms with Crippen LogP contribution in [-0.2, 0) is 6.54 Å². The number of benzene rings is 1. The van der Waals surface area contributed by atoms with Crippen LogP contribution in [0.4, 0.5) is 0 Å². The van der Waals surface area contributed by atoms with Gasteiger partial charge in [-0.15, -0.1) is 0 Å². The molecular weight excluding hydrogens is 302 g/mol. The SMILES string of the molecule is Cc1c(C)n(CCCN2CCN(C)CC2)c2ccc(C(=O)O)cc12. The van der Waals surface area contributed by atoms with Gasteiger partial charge in [0.25, 0.3) is 0 Å². The molecular formula is C19H27N3O2. The van der Waals surface area contributed by atoms with Crippen molar-refractivity contribution >= 4 is 16.9 Å². The van der Waals surface area contributed by atoms with Crippen LogP contribution < -0.4 is 0 Å². The first-order chi connectivity index (χ1) is 11.5. The summed E-state index contributed by atoms with van der Waals surface area (Å²) in [5.74, 6) is -0.864. The summed E-state index contributed by atoms with van der Waals surface area (Å²) in [4.78, 5) is 16.1. The van der Waals surface area contributed by atoms with E-state index in [0.717, 1.165) is 56.6 Å². The molecule has 0 saturated carbocycles. The van der Waals surface area contributed by atoms with Crippen molar-refractivity contribution in [1.29, 1.82) is 0 Å². The van der Waals surface area contributed by atoms with Crippen molar-refractivity contribution in [2.45, 2.75) is 26.8 Å². The topological polar surface area (TPSA) is 48.7 Å². The molecule has 1 aromatic heterocycles. The Morgan fingerprint density at radius 2 is 1.83 bits per heavy atom. The number of piperazine rings is 1. The highest BCUT2D eigenvalue weighted by Crippen LogP contribution is 2.26. The second kappa shape index (κ2) is 6.95. The number of nitrogens with zero attached hydrogens (tertiary/aromatic N) is 3. The maximum absolute atomic E-state index is 11.2. The van der Waals surface area contributed by atoms with Crippen LogP contribution in [0.1, 0.15) is 28.0 Å². The van der Waals surface area contributed by atoms with E-state index in [0.29, 0.717) is 5.56 Å². The Morgan fingerprint density at radius 1 is 1.12 bits per heavy atom. The molecule has 2 heterocycles. The molecule has 0 bridgehead atoms. The number of aryl methyl sites for hydroxylation is 2. The van der Waals surface area contributed by atoms with E-state index in [2.05, 4.69) is 35.3 Å².